The highest BCUT2D eigenvalue weighted by Crippen LogP contribution is 2.29. The fraction of sp³-hybridized carbons (Fsp3) is 0.467. The minimum absolute atomic E-state index is 0.0856. The molecule has 0 spiro atoms. The van der Waals surface area contributed by atoms with Crippen LogP contribution in [0.25, 0.3) is 0 Å². The number of hydrogen-bond donors (Lipinski definition) is 1. The van der Waals surface area contributed by atoms with Gasteiger partial charge in [-0.15, -0.1) is 11.3 Å². The third-order valence-corrected chi connectivity index (χ3v) is 5.36. The van der Waals surface area contributed by atoms with Gasteiger partial charge in [0.1, 0.15) is 0 Å². The summed E-state index contributed by atoms with van der Waals surface area (Å²) < 4.78 is 5.43. The quantitative estimate of drug-likeness (QED) is 0.925. The van der Waals surface area contributed by atoms with Gasteiger partial charge >= 0.3 is 0 Å². The van der Waals surface area contributed by atoms with Crippen molar-refractivity contribution in [3.05, 3.63) is 39.3 Å². The van der Waals surface area contributed by atoms with E-state index in [2.05, 4.69) is 21.6 Å². The van der Waals surface area contributed by atoms with E-state index in [0.29, 0.717) is 18.7 Å². The normalized spacial score (nSPS) is 21.5. The zero-order valence-corrected chi connectivity index (χ0v) is 12.5. The maximum Gasteiger partial charge on any atom is 0.257 e. The smallest absolute Gasteiger partial charge is 0.257 e. The summed E-state index contributed by atoms with van der Waals surface area (Å²) in [6.07, 6.45) is 3.58. The molecule has 2 aromatic heterocycles. The van der Waals surface area contributed by atoms with Gasteiger partial charge in [0.2, 0.25) is 0 Å². The third kappa shape index (κ3) is 2.28. The molecule has 21 heavy (non-hydrogen) atoms. The van der Waals surface area contributed by atoms with Crippen molar-refractivity contribution in [1.82, 2.24) is 15.1 Å². The van der Waals surface area contributed by atoms with Crippen LogP contribution in [0, 0.1) is 0 Å². The summed E-state index contributed by atoms with van der Waals surface area (Å²) in [5, 5.41) is 9.21. The lowest BCUT2D eigenvalue weighted by Crippen LogP contribution is -2.35. The minimum atomic E-state index is 0.0856. The van der Waals surface area contributed by atoms with Gasteiger partial charge in [0.15, 0.2) is 0 Å². The predicted octanol–water partition coefficient (Wildman–Crippen LogP) is 2.17. The molecule has 5 nitrogen and oxygen atoms in total. The van der Waals surface area contributed by atoms with E-state index in [1.807, 2.05) is 4.90 Å². The van der Waals surface area contributed by atoms with Crippen LogP contribution in [0.4, 0.5) is 0 Å². The molecule has 4 heterocycles. The highest BCUT2D eigenvalue weighted by molar-refractivity contribution is 7.10. The Hall–Kier alpha value is -1.66. The van der Waals surface area contributed by atoms with Crippen molar-refractivity contribution in [2.24, 2.45) is 0 Å². The van der Waals surface area contributed by atoms with Crippen LogP contribution in [0.3, 0.4) is 0 Å². The maximum absolute atomic E-state index is 12.8. The Morgan fingerprint density at radius 2 is 2.48 bits per heavy atom. The molecule has 6 heteroatoms. The van der Waals surface area contributed by atoms with E-state index in [0.717, 1.165) is 31.7 Å². The molecule has 1 fully saturated rings. The molecule has 2 aromatic rings. The number of rotatable bonds is 2. The van der Waals surface area contributed by atoms with Gasteiger partial charge in [-0.25, -0.2) is 0 Å². The molecular weight excluding hydrogens is 286 g/mol. The van der Waals surface area contributed by atoms with Crippen LogP contribution in [0.5, 0.6) is 0 Å². The number of nitrogens with zero attached hydrogens (tertiary/aromatic N) is 2. The largest absolute Gasteiger partial charge is 0.381 e. The van der Waals surface area contributed by atoms with Gasteiger partial charge in [-0.2, -0.15) is 5.10 Å². The number of amides is 1. The van der Waals surface area contributed by atoms with Crippen LogP contribution in [0.1, 0.15) is 38.8 Å². The third-order valence-electron chi connectivity index (χ3n) is 4.33. The number of carbonyl (C=O) groups is 1. The van der Waals surface area contributed by atoms with Crippen LogP contribution in [0.15, 0.2) is 17.6 Å². The van der Waals surface area contributed by atoms with Crippen molar-refractivity contribution < 1.29 is 9.53 Å². The first-order valence-corrected chi connectivity index (χ1v) is 8.16. The summed E-state index contributed by atoms with van der Waals surface area (Å²) >= 11 is 1.79. The molecule has 0 bridgehead atoms. The van der Waals surface area contributed by atoms with E-state index in [1.165, 1.54) is 10.4 Å². The molecule has 0 aromatic carbocycles. The second-order valence-corrected chi connectivity index (χ2v) is 6.60. The van der Waals surface area contributed by atoms with Crippen molar-refractivity contribution in [3.8, 4) is 0 Å². The van der Waals surface area contributed by atoms with E-state index in [1.54, 1.807) is 17.5 Å². The van der Waals surface area contributed by atoms with Gasteiger partial charge < -0.3 is 9.64 Å². The Labute approximate surface area is 126 Å². The maximum atomic E-state index is 12.8. The van der Waals surface area contributed by atoms with E-state index in [9.17, 15) is 4.79 Å². The lowest BCUT2D eigenvalue weighted by atomic mass is 10.00. The lowest BCUT2D eigenvalue weighted by molar-refractivity contribution is 0.0734. The average molecular weight is 303 g/mol. The molecule has 0 aliphatic carbocycles. The van der Waals surface area contributed by atoms with Crippen LogP contribution in [-0.2, 0) is 17.7 Å². The predicted molar refractivity (Wildman–Crippen MR) is 79.5 cm³/mol. The number of ether oxygens (including phenoxy) is 1. The van der Waals surface area contributed by atoms with E-state index in [4.69, 9.17) is 4.74 Å². The van der Waals surface area contributed by atoms with Gasteiger partial charge in [-0.05, 0) is 29.9 Å². The van der Waals surface area contributed by atoms with Gasteiger partial charge in [-0.3, -0.25) is 9.89 Å². The van der Waals surface area contributed by atoms with Crippen LogP contribution < -0.4 is 0 Å². The number of aromatic nitrogens is 2. The molecule has 1 N–H and O–H groups in total. The van der Waals surface area contributed by atoms with Gasteiger partial charge in [0, 0.05) is 30.5 Å². The zero-order chi connectivity index (χ0) is 14.2. The number of fused-ring (bicyclic) bond motifs is 1. The number of hydrogen-bond acceptors (Lipinski definition) is 4. The lowest BCUT2D eigenvalue weighted by Gasteiger charge is -2.27. The Morgan fingerprint density at radius 1 is 1.52 bits per heavy atom. The summed E-state index contributed by atoms with van der Waals surface area (Å²) in [6, 6.07) is 2.13. The molecule has 1 amide bonds. The summed E-state index contributed by atoms with van der Waals surface area (Å²) in [5.74, 6) is 0.357. The molecule has 0 unspecified atom stereocenters. The van der Waals surface area contributed by atoms with Crippen molar-refractivity contribution in [2.75, 3.05) is 19.8 Å². The van der Waals surface area contributed by atoms with Crippen molar-refractivity contribution >= 4 is 17.2 Å². The van der Waals surface area contributed by atoms with Crippen molar-refractivity contribution in [3.63, 3.8) is 0 Å². The molecule has 110 valence electrons. The number of thiophene rings is 1. The minimum Gasteiger partial charge on any atom is -0.381 e. The van der Waals surface area contributed by atoms with E-state index >= 15 is 0 Å². The number of H-pyrrole nitrogens is 1. The monoisotopic (exact) mass is 303 g/mol. The second kappa shape index (κ2) is 5.27. The van der Waals surface area contributed by atoms with Crippen molar-refractivity contribution in [1.29, 1.82) is 0 Å². The Bertz CT molecular complexity index is 657. The molecule has 2 aliphatic rings. The fourth-order valence-corrected chi connectivity index (χ4v) is 4.02. The first-order valence-electron chi connectivity index (χ1n) is 7.28. The van der Waals surface area contributed by atoms with Crippen LogP contribution in [0.2, 0.25) is 0 Å². The van der Waals surface area contributed by atoms with E-state index < -0.39 is 0 Å². The summed E-state index contributed by atoms with van der Waals surface area (Å²) in [7, 11) is 0. The number of carbonyl (C=O) groups excluding carboxylic acids is 1. The molecule has 0 radical (unpaired) electrons. The summed E-state index contributed by atoms with van der Waals surface area (Å²) in [5.41, 5.74) is 2.94. The van der Waals surface area contributed by atoms with Crippen molar-refractivity contribution in [2.45, 2.75) is 25.3 Å². The molecular formula is C15H17N3O2S. The molecule has 0 saturated carbocycles. The fourth-order valence-electron chi connectivity index (χ4n) is 3.13. The highest BCUT2D eigenvalue weighted by atomic mass is 32.1. The Balaban J connectivity index is 1.57. The SMILES string of the molecule is O=C(c1cn[nH]c1[C@H]1CCOC1)N1CCc2sccc2C1. The molecule has 1 saturated heterocycles. The number of aromatic amines is 1. The summed E-state index contributed by atoms with van der Waals surface area (Å²) in [6.45, 7) is 2.94. The topological polar surface area (TPSA) is 58.2 Å². The average Bonchev–Trinajstić information content (AvgIpc) is 3.24. The Morgan fingerprint density at radius 3 is 3.33 bits per heavy atom. The summed E-state index contributed by atoms with van der Waals surface area (Å²) in [4.78, 5) is 16.1. The molecule has 1 atom stereocenters. The first kappa shape index (κ1) is 13.0. The molecule has 2 aliphatic heterocycles. The first-order chi connectivity index (χ1) is 10.3. The van der Waals surface area contributed by atoms with Gasteiger partial charge in [0.05, 0.1) is 24.1 Å². The van der Waals surface area contributed by atoms with E-state index in [-0.39, 0.29) is 11.8 Å². The second-order valence-electron chi connectivity index (χ2n) is 5.60. The standard InChI is InChI=1S/C15H17N3O2S/c19-15(18-4-1-13-10(8-18)3-6-21-13)12-7-16-17-14(12)11-2-5-20-9-11/h3,6-7,11H,1-2,4-5,8-9H2,(H,16,17)/t11-/m0/s1. The molecule has 4 rings (SSSR count). The zero-order valence-electron chi connectivity index (χ0n) is 11.7. The Kier molecular flexibility index (Phi) is 3.27. The highest BCUT2D eigenvalue weighted by Gasteiger charge is 2.29. The van der Waals surface area contributed by atoms with Crippen LogP contribution >= 0.6 is 11.3 Å². The van der Waals surface area contributed by atoms with Gasteiger partial charge in [-0.1, -0.05) is 0 Å². The van der Waals surface area contributed by atoms with Gasteiger partial charge in [0.25, 0.3) is 5.91 Å². The number of nitrogens with one attached hydrogen (secondary N) is 1. The van der Waals surface area contributed by atoms with Crippen LogP contribution in [-0.4, -0.2) is 40.8 Å².